The molecule has 122 valence electrons. The molecule has 5 nitrogen and oxygen atoms in total. The molecule has 3 N–H and O–H groups in total. The summed E-state index contributed by atoms with van der Waals surface area (Å²) in [6.07, 6.45) is 3.10. The van der Waals surface area contributed by atoms with Crippen molar-refractivity contribution in [3.8, 4) is 5.75 Å². The van der Waals surface area contributed by atoms with Crippen molar-refractivity contribution in [3.05, 3.63) is 66.0 Å². The number of aromatic hydroxyl groups is 1. The zero-order chi connectivity index (χ0) is 17.3. The van der Waals surface area contributed by atoms with Crippen LogP contribution in [0, 0.1) is 0 Å². The number of nitrogen functional groups attached to an aromatic ring is 1. The number of ether oxygens (including phenoxy) is 1. The highest BCUT2D eigenvalue weighted by molar-refractivity contribution is 6.01. The van der Waals surface area contributed by atoms with Gasteiger partial charge in [0.15, 0.2) is 0 Å². The van der Waals surface area contributed by atoms with E-state index in [0.29, 0.717) is 16.6 Å². The predicted molar refractivity (Wildman–Crippen MR) is 92.7 cm³/mol. The minimum Gasteiger partial charge on any atom is -0.506 e. The number of phenols is 1. The number of benzene rings is 2. The molecule has 2 aromatic carbocycles. The predicted octanol–water partition coefficient (Wildman–Crippen LogP) is 3.61. The second kappa shape index (κ2) is 5.85. The standard InChI is InChI=1S/C19H18N2O3/c1-19(2,15-9-10-21-11-16(15)20)24-18(23)14-8-7-12-5-3-4-6-13(12)17(14)22/h3-11,22H,20H2,1-2H3. The lowest BCUT2D eigenvalue weighted by Crippen LogP contribution is -2.27. The summed E-state index contributed by atoms with van der Waals surface area (Å²) in [6, 6.07) is 12.3. The zero-order valence-corrected chi connectivity index (χ0v) is 13.5. The van der Waals surface area contributed by atoms with Gasteiger partial charge in [-0.2, -0.15) is 0 Å². The van der Waals surface area contributed by atoms with E-state index in [4.69, 9.17) is 10.5 Å². The van der Waals surface area contributed by atoms with Crippen LogP contribution in [0.15, 0.2) is 54.9 Å². The lowest BCUT2D eigenvalue weighted by Gasteiger charge is -2.27. The van der Waals surface area contributed by atoms with Gasteiger partial charge in [0, 0.05) is 17.1 Å². The van der Waals surface area contributed by atoms with Crippen molar-refractivity contribution in [2.45, 2.75) is 19.4 Å². The molecule has 0 amide bonds. The van der Waals surface area contributed by atoms with E-state index < -0.39 is 11.6 Å². The molecule has 1 aromatic heterocycles. The first-order valence-corrected chi connectivity index (χ1v) is 7.54. The number of nitrogens with zero attached hydrogens (tertiary/aromatic N) is 1. The highest BCUT2D eigenvalue weighted by Crippen LogP contribution is 2.33. The smallest absolute Gasteiger partial charge is 0.342 e. The average Bonchev–Trinajstić information content (AvgIpc) is 2.55. The van der Waals surface area contributed by atoms with E-state index in [2.05, 4.69) is 4.98 Å². The van der Waals surface area contributed by atoms with E-state index in [1.165, 1.54) is 6.20 Å². The Morgan fingerprint density at radius 3 is 2.67 bits per heavy atom. The van der Waals surface area contributed by atoms with Crippen LogP contribution in [0.4, 0.5) is 5.69 Å². The number of hydrogen-bond acceptors (Lipinski definition) is 5. The number of aromatic nitrogens is 1. The van der Waals surface area contributed by atoms with Crippen LogP contribution in [-0.4, -0.2) is 16.1 Å². The lowest BCUT2D eigenvalue weighted by molar-refractivity contribution is -0.00305. The zero-order valence-electron chi connectivity index (χ0n) is 13.5. The Labute approximate surface area is 139 Å². The van der Waals surface area contributed by atoms with Crippen molar-refractivity contribution in [1.29, 1.82) is 0 Å². The van der Waals surface area contributed by atoms with E-state index in [0.717, 1.165) is 5.39 Å². The van der Waals surface area contributed by atoms with Crippen LogP contribution in [0.1, 0.15) is 29.8 Å². The molecule has 0 radical (unpaired) electrons. The highest BCUT2D eigenvalue weighted by atomic mass is 16.6. The molecule has 3 rings (SSSR count). The van der Waals surface area contributed by atoms with Gasteiger partial charge in [0.2, 0.25) is 0 Å². The van der Waals surface area contributed by atoms with Crippen LogP contribution in [0.5, 0.6) is 5.75 Å². The number of rotatable bonds is 3. The van der Waals surface area contributed by atoms with Crippen molar-refractivity contribution < 1.29 is 14.6 Å². The number of carbonyl (C=O) groups is 1. The second-order valence-corrected chi connectivity index (χ2v) is 6.05. The quantitative estimate of drug-likeness (QED) is 0.719. The maximum atomic E-state index is 12.6. The summed E-state index contributed by atoms with van der Waals surface area (Å²) in [5.41, 5.74) is 6.19. The fourth-order valence-corrected chi connectivity index (χ4v) is 2.72. The monoisotopic (exact) mass is 322 g/mol. The maximum absolute atomic E-state index is 12.6. The van der Waals surface area contributed by atoms with Crippen molar-refractivity contribution in [2.24, 2.45) is 0 Å². The number of hydrogen-bond donors (Lipinski definition) is 2. The Morgan fingerprint density at radius 2 is 1.92 bits per heavy atom. The number of nitrogens with two attached hydrogens (primary N) is 1. The highest BCUT2D eigenvalue weighted by Gasteiger charge is 2.29. The molecule has 0 aliphatic carbocycles. The number of phenolic OH excluding ortho intramolecular Hbond substituents is 1. The number of esters is 1. The van der Waals surface area contributed by atoms with E-state index in [1.807, 2.05) is 12.1 Å². The summed E-state index contributed by atoms with van der Waals surface area (Å²) in [7, 11) is 0. The lowest BCUT2D eigenvalue weighted by atomic mass is 9.97. The largest absolute Gasteiger partial charge is 0.506 e. The van der Waals surface area contributed by atoms with Crippen LogP contribution in [-0.2, 0) is 10.3 Å². The molecule has 0 bridgehead atoms. The topological polar surface area (TPSA) is 85.4 Å². The SMILES string of the molecule is CC(C)(OC(=O)c1ccc2ccccc2c1O)c1ccncc1N. The fourth-order valence-electron chi connectivity index (χ4n) is 2.72. The van der Waals surface area contributed by atoms with Gasteiger partial charge in [0.25, 0.3) is 0 Å². The normalized spacial score (nSPS) is 11.4. The first-order chi connectivity index (χ1) is 11.4. The third kappa shape index (κ3) is 2.76. The molecule has 0 aliphatic rings. The van der Waals surface area contributed by atoms with Crippen molar-refractivity contribution in [2.75, 3.05) is 5.73 Å². The minimum absolute atomic E-state index is 0.0865. The number of fused-ring (bicyclic) bond motifs is 1. The molecule has 0 saturated heterocycles. The molecule has 0 spiro atoms. The van der Waals surface area contributed by atoms with Gasteiger partial charge in [-0.25, -0.2) is 4.79 Å². The van der Waals surface area contributed by atoms with Gasteiger partial charge in [-0.05, 0) is 31.4 Å². The van der Waals surface area contributed by atoms with E-state index in [9.17, 15) is 9.90 Å². The Kier molecular flexibility index (Phi) is 3.85. The van der Waals surface area contributed by atoms with Crippen LogP contribution >= 0.6 is 0 Å². The molecule has 24 heavy (non-hydrogen) atoms. The molecule has 0 fully saturated rings. The first kappa shape index (κ1) is 15.8. The summed E-state index contributed by atoms with van der Waals surface area (Å²) in [5.74, 6) is -0.698. The molecule has 5 heteroatoms. The fraction of sp³-hybridized carbons (Fsp3) is 0.158. The van der Waals surface area contributed by atoms with Crippen molar-refractivity contribution in [1.82, 2.24) is 4.98 Å². The van der Waals surface area contributed by atoms with Gasteiger partial charge in [-0.1, -0.05) is 30.3 Å². The molecular formula is C19H18N2O3. The molecule has 0 atom stereocenters. The number of anilines is 1. The van der Waals surface area contributed by atoms with E-state index >= 15 is 0 Å². The van der Waals surface area contributed by atoms with E-state index in [1.54, 1.807) is 50.4 Å². The summed E-state index contributed by atoms with van der Waals surface area (Å²) in [4.78, 5) is 16.5. The minimum atomic E-state index is -0.956. The first-order valence-electron chi connectivity index (χ1n) is 7.54. The number of carbonyl (C=O) groups excluding carboxylic acids is 1. The Bertz CT molecular complexity index is 919. The third-order valence-electron chi connectivity index (χ3n) is 3.97. The van der Waals surface area contributed by atoms with Gasteiger partial charge in [0.05, 0.1) is 11.9 Å². The van der Waals surface area contributed by atoms with Gasteiger partial charge in [0.1, 0.15) is 16.9 Å². The molecule has 0 saturated carbocycles. The van der Waals surface area contributed by atoms with Gasteiger partial charge in [-0.15, -0.1) is 0 Å². The molecule has 0 unspecified atom stereocenters. The molecular weight excluding hydrogens is 304 g/mol. The van der Waals surface area contributed by atoms with Crippen LogP contribution in [0.25, 0.3) is 10.8 Å². The van der Waals surface area contributed by atoms with Crippen LogP contribution in [0.3, 0.4) is 0 Å². The van der Waals surface area contributed by atoms with Gasteiger partial charge < -0.3 is 15.6 Å². The summed E-state index contributed by atoms with van der Waals surface area (Å²) in [6.45, 7) is 3.49. The van der Waals surface area contributed by atoms with Crippen LogP contribution in [0.2, 0.25) is 0 Å². The Balaban J connectivity index is 1.95. The molecule has 3 aromatic rings. The average molecular weight is 322 g/mol. The molecule has 1 heterocycles. The third-order valence-corrected chi connectivity index (χ3v) is 3.97. The second-order valence-electron chi connectivity index (χ2n) is 6.05. The maximum Gasteiger partial charge on any atom is 0.342 e. The molecule has 0 aliphatic heterocycles. The van der Waals surface area contributed by atoms with Gasteiger partial charge >= 0.3 is 5.97 Å². The summed E-state index contributed by atoms with van der Waals surface area (Å²) in [5, 5.41) is 11.9. The van der Waals surface area contributed by atoms with Crippen molar-refractivity contribution >= 4 is 22.4 Å². The summed E-state index contributed by atoms with van der Waals surface area (Å²) < 4.78 is 5.61. The summed E-state index contributed by atoms with van der Waals surface area (Å²) >= 11 is 0. The number of pyridine rings is 1. The Hall–Kier alpha value is -3.08. The Morgan fingerprint density at radius 1 is 1.17 bits per heavy atom. The van der Waals surface area contributed by atoms with Crippen molar-refractivity contribution in [3.63, 3.8) is 0 Å². The van der Waals surface area contributed by atoms with E-state index in [-0.39, 0.29) is 11.3 Å². The van der Waals surface area contributed by atoms with Gasteiger partial charge in [-0.3, -0.25) is 4.98 Å². The van der Waals surface area contributed by atoms with Crippen LogP contribution < -0.4 is 5.73 Å².